The Morgan fingerprint density at radius 1 is 1.29 bits per heavy atom. The lowest BCUT2D eigenvalue weighted by Crippen LogP contribution is -2.76. The van der Waals surface area contributed by atoms with Crippen LogP contribution in [0, 0.1) is 6.92 Å². The van der Waals surface area contributed by atoms with Crippen LogP contribution in [-0.4, -0.2) is 18.4 Å². The van der Waals surface area contributed by atoms with Crippen molar-refractivity contribution in [3.63, 3.8) is 0 Å². The molecule has 2 rings (SSSR count). The molecule has 2 aromatic rings. The quantitative estimate of drug-likeness (QED) is 0.354. The van der Waals surface area contributed by atoms with E-state index in [0.29, 0.717) is 18.0 Å². The summed E-state index contributed by atoms with van der Waals surface area (Å²) in [5.74, 6) is 0.499. The molecule has 1 aromatic carbocycles. The lowest BCUT2D eigenvalue weighted by atomic mass is 10.2. The van der Waals surface area contributed by atoms with Gasteiger partial charge >= 0.3 is 5.97 Å². The van der Waals surface area contributed by atoms with Gasteiger partial charge in [0, 0.05) is 4.88 Å². The fraction of sp³-hybridized carbons (Fsp3) is 0.200. The monoisotopic (exact) mass is 305 g/mol. The number of thiophene rings is 1. The number of aryl methyl sites for hydroxylation is 1. The minimum absolute atomic E-state index is 0.176. The molecule has 21 heavy (non-hydrogen) atoms. The van der Waals surface area contributed by atoms with E-state index in [1.807, 2.05) is 42.6 Å². The van der Waals surface area contributed by atoms with Gasteiger partial charge in [-0.3, -0.25) is 10.6 Å². The fourth-order valence-corrected chi connectivity index (χ4v) is 2.37. The Balaban J connectivity index is 1.78. The van der Waals surface area contributed by atoms with E-state index in [-0.39, 0.29) is 6.61 Å². The predicted octanol–water partition coefficient (Wildman–Crippen LogP) is 0.574. The largest absolute Gasteiger partial charge is 0.481 e. The molecular formula is C15H17N2O3S+. The number of hydrogen-bond donors (Lipinski definition) is 2. The summed E-state index contributed by atoms with van der Waals surface area (Å²) in [6, 6.07) is 11.4. The minimum Gasteiger partial charge on any atom is -0.481 e. The van der Waals surface area contributed by atoms with Crippen LogP contribution in [0.15, 0.2) is 41.8 Å². The zero-order valence-corrected chi connectivity index (χ0v) is 12.5. The first-order valence-corrected chi connectivity index (χ1v) is 7.31. The number of amidine groups is 1. The van der Waals surface area contributed by atoms with Gasteiger partial charge in [-0.05, 0) is 30.0 Å². The van der Waals surface area contributed by atoms with E-state index in [1.54, 1.807) is 17.4 Å². The van der Waals surface area contributed by atoms with Crippen molar-refractivity contribution >= 4 is 23.1 Å². The Morgan fingerprint density at radius 2 is 2.10 bits per heavy atom. The van der Waals surface area contributed by atoms with Gasteiger partial charge in [0.2, 0.25) is 0 Å². The third-order valence-corrected chi connectivity index (χ3v) is 3.56. The first-order valence-electron chi connectivity index (χ1n) is 6.43. The summed E-state index contributed by atoms with van der Waals surface area (Å²) >= 11 is 1.59. The summed E-state index contributed by atoms with van der Waals surface area (Å²) in [5, 5.41) is 4.41. The first-order chi connectivity index (χ1) is 10.1. The van der Waals surface area contributed by atoms with E-state index in [2.05, 4.69) is 5.16 Å². The van der Waals surface area contributed by atoms with Crippen LogP contribution >= 0.6 is 11.3 Å². The number of carbonyl (C=O) groups is 1. The molecule has 0 aliphatic carbocycles. The number of nitrogens with one attached hydrogen (secondary N) is 1. The first kappa shape index (κ1) is 15.1. The number of rotatable bonds is 6. The number of hydrogen-bond acceptors (Lipinski definition) is 4. The number of nitrogens with two attached hydrogens (primary N) is 1. The van der Waals surface area contributed by atoms with Crippen molar-refractivity contribution in [1.82, 2.24) is 0 Å². The van der Waals surface area contributed by atoms with E-state index < -0.39 is 5.97 Å². The zero-order chi connectivity index (χ0) is 15.1. The Labute approximate surface area is 127 Å². The molecule has 3 N–H and O–H groups in total. The Bertz CT molecular complexity index is 624. The zero-order valence-electron chi connectivity index (χ0n) is 11.7. The molecule has 0 aliphatic heterocycles. The third-order valence-electron chi connectivity index (χ3n) is 2.68. The third kappa shape index (κ3) is 4.92. The molecule has 0 radical (unpaired) electrons. The molecule has 6 heteroatoms. The number of para-hydroxylation sites is 1. The highest BCUT2D eigenvalue weighted by Crippen LogP contribution is 2.15. The second-order valence-corrected chi connectivity index (χ2v) is 5.44. The maximum atomic E-state index is 11.6. The van der Waals surface area contributed by atoms with Crippen molar-refractivity contribution in [2.24, 2.45) is 5.73 Å². The van der Waals surface area contributed by atoms with Gasteiger partial charge in [0.25, 0.3) is 5.84 Å². The van der Waals surface area contributed by atoms with Crippen molar-refractivity contribution in [1.29, 1.82) is 0 Å². The van der Waals surface area contributed by atoms with Crippen molar-refractivity contribution in [3.8, 4) is 5.75 Å². The van der Waals surface area contributed by atoms with E-state index in [0.717, 1.165) is 10.4 Å². The number of carbonyl (C=O) groups excluding carboxylic acids is 1. The van der Waals surface area contributed by atoms with Crippen molar-refractivity contribution in [3.05, 3.63) is 52.2 Å². The topological polar surface area (TPSA) is 75.5 Å². The molecule has 1 aromatic heterocycles. The van der Waals surface area contributed by atoms with Crippen LogP contribution in [0.2, 0.25) is 0 Å². The maximum absolute atomic E-state index is 11.6. The molecule has 0 bridgehead atoms. The summed E-state index contributed by atoms with van der Waals surface area (Å²) in [7, 11) is 0. The van der Waals surface area contributed by atoms with Gasteiger partial charge in [0.1, 0.15) is 5.75 Å². The van der Waals surface area contributed by atoms with E-state index in [4.69, 9.17) is 15.3 Å². The van der Waals surface area contributed by atoms with E-state index in [1.165, 1.54) is 0 Å². The van der Waals surface area contributed by atoms with Gasteiger partial charge in [-0.1, -0.05) is 29.4 Å². The fourth-order valence-electron chi connectivity index (χ4n) is 1.64. The van der Waals surface area contributed by atoms with Gasteiger partial charge in [-0.25, -0.2) is 4.79 Å². The molecule has 0 amide bonds. The second kappa shape index (κ2) is 7.44. The van der Waals surface area contributed by atoms with Gasteiger partial charge in [-0.2, -0.15) is 0 Å². The van der Waals surface area contributed by atoms with Crippen molar-refractivity contribution < 1.29 is 19.5 Å². The summed E-state index contributed by atoms with van der Waals surface area (Å²) in [6.07, 6.45) is 0.517. The molecule has 0 fully saturated rings. The SMILES string of the molecule is Cc1ccccc1OCC(=O)O[NH+]=C(N)Cc1cccs1. The molecule has 0 aliphatic rings. The summed E-state index contributed by atoms with van der Waals surface area (Å²) < 4.78 is 5.37. The standard InChI is InChI=1S/C15H16N2O3S/c1-11-5-2-3-7-13(11)19-10-15(18)20-17-14(16)9-12-6-4-8-21-12/h2-8H,9-10H2,1H3,(H2,16,17)/p+1. The highest BCUT2D eigenvalue weighted by atomic mass is 32.1. The molecule has 0 saturated heterocycles. The van der Waals surface area contributed by atoms with E-state index >= 15 is 0 Å². The Morgan fingerprint density at radius 3 is 2.81 bits per heavy atom. The molecule has 0 spiro atoms. The van der Waals surface area contributed by atoms with E-state index in [9.17, 15) is 4.79 Å². The normalized spacial score (nSPS) is 11.2. The predicted molar refractivity (Wildman–Crippen MR) is 80.9 cm³/mol. The van der Waals surface area contributed by atoms with Crippen LogP contribution in [0.25, 0.3) is 0 Å². The molecule has 0 atom stereocenters. The van der Waals surface area contributed by atoms with Crippen molar-refractivity contribution in [2.45, 2.75) is 13.3 Å². The summed E-state index contributed by atoms with van der Waals surface area (Å²) in [6.45, 7) is 1.73. The number of benzene rings is 1. The second-order valence-electron chi connectivity index (χ2n) is 4.41. The van der Waals surface area contributed by atoms with Crippen LogP contribution in [0.5, 0.6) is 5.75 Å². The van der Waals surface area contributed by atoms with Crippen LogP contribution in [0.3, 0.4) is 0 Å². The molecule has 110 valence electrons. The van der Waals surface area contributed by atoms with Crippen LogP contribution in [0.1, 0.15) is 10.4 Å². The van der Waals surface area contributed by atoms with Gasteiger partial charge in [0.15, 0.2) is 6.61 Å². The lowest BCUT2D eigenvalue weighted by molar-refractivity contribution is -0.725. The van der Waals surface area contributed by atoms with Crippen molar-refractivity contribution in [2.75, 3.05) is 6.61 Å². The van der Waals surface area contributed by atoms with Crippen LogP contribution < -0.4 is 15.6 Å². The average Bonchev–Trinajstić information content (AvgIpc) is 2.97. The minimum atomic E-state index is -0.535. The smallest absolute Gasteiger partial charge is 0.394 e. The Kier molecular flexibility index (Phi) is 5.34. The average molecular weight is 305 g/mol. The molecule has 1 heterocycles. The lowest BCUT2D eigenvalue weighted by Gasteiger charge is -2.06. The molecular weight excluding hydrogens is 288 g/mol. The Hall–Kier alpha value is -2.34. The molecule has 0 unspecified atom stereocenters. The highest BCUT2D eigenvalue weighted by molar-refractivity contribution is 7.10. The maximum Gasteiger partial charge on any atom is 0.394 e. The molecule has 0 saturated carbocycles. The van der Waals surface area contributed by atoms with Gasteiger partial charge in [-0.15, -0.1) is 11.3 Å². The van der Waals surface area contributed by atoms with Crippen LogP contribution in [-0.2, 0) is 16.1 Å². The summed E-state index contributed by atoms with van der Waals surface area (Å²) in [5.41, 5.74) is 6.70. The van der Waals surface area contributed by atoms with Crippen LogP contribution in [0.4, 0.5) is 0 Å². The highest BCUT2D eigenvalue weighted by Gasteiger charge is 2.09. The van der Waals surface area contributed by atoms with Gasteiger partial charge in [0.05, 0.1) is 6.42 Å². The van der Waals surface area contributed by atoms with Gasteiger partial charge < -0.3 is 4.74 Å². The number of ether oxygens (including phenoxy) is 1. The summed E-state index contributed by atoms with van der Waals surface area (Å²) in [4.78, 5) is 17.5. The molecule has 5 nitrogen and oxygen atoms in total.